The van der Waals surface area contributed by atoms with Crippen molar-refractivity contribution in [1.29, 1.82) is 0 Å². The summed E-state index contributed by atoms with van der Waals surface area (Å²) in [5.74, 6) is 1.54. The lowest BCUT2D eigenvalue weighted by Gasteiger charge is -2.65. The molecule has 2 nitrogen and oxygen atoms in total. The molecule has 0 aliphatic carbocycles. The van der Waals surface area contributed by atoms with Gasteiger partial charge in [-0.2, -0.15) is 0 Å². The highest BCUT2D eigenvalue weighted by Gasteiger charge is 2.59. The third kappa shape index (κ3) is 2.79. The molecule has 2 rings (SSSR count). The zero-order valence-electron chi connectivity index (χ0n) is 15.9. The summed E-state index contributed by atoms with van der Waals surface area (Å²) in [5.41, 5.74) is 1.35. The number of rotatable bonds is 1. The van der Waals surface area contributed by atoms with Crippen LogP contribution in [0.1, 0.15) is 68.2 Å². The Hall–Kier alpha value is -0.0800. The minimum Gasteiger partial charge on any atom is -0.311 e. The molecule has 0 amide bonds. The van der Waals surface area contributed by atoms with Crippen LogP contribution in [0, 0.1) is 22.7 Å². The second-order valence-electron chi connectivity index (χ2n) is 10.2. The van der Waals surface area contributed by atoms with Gasteiger partial charge in [0, 0.05) is 29.6 Å². The molecule has 1 N–H and O–H groups in total. The van der Waals surface area contributed by atoms with Gasteiger partial charge >= 0.3 is 0 Å². The molecule has 0 aromatic rings. The van der Waals surface area contributed by atoms with Crippen LogP contribution in [0.3, 0.4) is 0 Å². The van der Waals surface area contributed by atoms with Gasteiger partial charge in [0.05, 0.1) is 0 Å². The van der Waals surface area contributed by atoms with Gasteiger partial charge in [-0.1, -0.05) is 27.7 Å². The summed E-state index contributed by atoms with van der Waals surface area (Å²) in [6.45, 7) is 21.9. The van der Waals surface area contributed by atoms with Crippen molar-refractivity contribution in [3.8, 4) is 0 Å². The molecule has 2 heterocycles. The number of piperidine rings is 2. The molecule has 0 aromatic carbocycles. The summed E-state index contributed by atoms with van der Waals surface area (Å²) in [4.78, 5) is 2.62. The summed E-state index contributed by atoms with van der Waals surface area (Å²) >= 11 is 0. The van der Waals surface area contributed by atoms with Crippen LogP contribution in [0.15, 0.2) is 0 Å². The monoisotopic (exact) mass is 294 g/mol. The van der Waals surface area contributed by atoms with Crippen molar-refractivity contribution < 1.29 is 0 Å². The minimum atomic E-state index is 0.266. The van der Waals surface area contributed by atoms with E-state index in [1.807, 2.05) is 0 Å². The molecule has 2 atom stereocenters. The standard InChI is InChI=1S/C19H38N2/c1-14(2)15-10-18(7,8)21(9)13-19(15)12-20-17(5,6)11-16(19,3)4/h14-15,20H,10-13H2,1-9H3. The Balaban J connectivity index is 2.43. The molecule has 21 heavy (non-hydrogen) atoms. The molecule has 2 heteroatoms. The van der Waals surface area contributed by atoms with Crippen LogP contribution in [-0.4, -0.2) is 36.1 Å². The minimum absolute atomic E-state index is 0.266. The van der Waals surface area contributed by atoms with E-state index in [9.17, 15) is 0 Å². The fraction of sp³-hybridized carbons (Fsp3) is 1.00. The van der Waals surface area contributed by atoms with Crippen molar-refractivity contribution in [2.24, 2.45) is 22.7 Å². The third-order valence-electron chi connectivity index (χ3n) is 6.90. The molecule has 0 saturated carbocycles. The predicted octanol–water partition coefficient (Wildman–Crippen LogP) is 4.16. The maximum absolute atomic E-state index is 3.88. The lowest BCUT2D eigenvalue weighted by Crippen LogP contribution is -2.70. The van der Waals surface area contributed by atoms with Crippen LogP contribution in [0.5, 0.6) is 0 Å². The highest BCUT2D eigenvalue weighted by atomic mass is 15.2. The van der Waals surface area contributed by atoms with Crippen molar-refractivity contribution in [3.05, 3.63) is 0 Å². The van der Waals surface area contributed by atoms with Crippen LogP contribution in [0.25, 0.3) is 0 Å². The first-order valence-corrected chi connectivity index (χ1v) is 8.79. The van der Waals surface area contributed by atoms with Gasteiger partial charge in [0.1, 0.15) is 0 Å². The summed E-state index contributed by atoms with van der Waals surface area (Å²) in [6.07, 6.45) is 2.57. The van der Waals surface area contributed by atoms with Crippen molar-refractivity contribution >= 4 is 0 Å². The van der Waals surface area contributed by atoms with E-state index in [4.69, 9.17) is 0 Å². The number of hydrogen-bond acceptors (Lipinski definition) is 2. The van der Waals surface area contributed by atoms with E-state index in [1.54, 1.807) is 0 Å². The van der Waals surface area contributed by atoms with E-state index in [2.05, 4.69) is 72.7 Å². The smallest absolute Gasteiger partial charge is 0.0153 e. The zero-order valence-corrected chi connectivity index (χ0v) is 15.9. The van der Waals surface area contributed by atoms with E-state index >= 15 is 0 Å². The number of nitrogens with zero attached hydrogens (tertiary/aromatic N) is 1. The van der Waals surface area contributed by atoms with Gasteiger partial charge in [0.15, 0.2) is 0 Å². The first-order chi connectivity index (χ1) is 9.33. The van der Waals surface area contributed by atoms with Crippen LogP contribution >= 0.6 is 0 Å². The molecule has 2 aliphatic rings. The van der Waals surface area contributed by atoms with Gasteiger partial charge < -0.3 is 10.2 Å². The second-order valence-corrected chi connectivity index (χ2v) is 10.2. The molecule has 124 valence electrons. The first-order valence-electron chi connectivity index (χ1n) is 8.79. The predicted molar refractivity (Wildman–Crippen MR) is 92.6 cm³/mol. The fourth-order valence-electron chi connectivity index (χ4n) is 5.40. The lowest BCUT2D eigenvalue weighted by molar-refractivity contribution is -0.145. The normalized spacial score (nSPS) is 38.9. The van der Waals surface area contributed by atoms with E-state index in [0.717, 1.165) is 18.4 Å². The van der Waals surface area contributed by atoms with Crippen molar-refractivity contribution in [1.82, 2.24) is 10.2 Å². The van der Waals surface area contributed by atoms with E-state index in [0.29, 0.717) is 16.4 Å². The Bertz CT molecular complexity index is 394. The SMILES string of the molecule is CC(C)C1CC(C)(C)N(C)CC12CNC(C)(C)CC2(C)C. The molecule has 2 fully saturated rings. The van der Waals surface area contributed by atoms with Gasteiger partial charge in [-0.15, -0.1) is 0 Å². The van der Waals surface area contributed by atoms with Crippen molar-refractivity contribution in [2.75, 3.05) is 20.1 Å². The molecular formula is C19H38N2. The summed E-state index contributed by atoms with van der Waals surface area (Å²) in [6, 6.07) is 0. The van der Waals surface area contributed by atoms with Gasteiger partial charge in [-0.3, -0.25) is 0 Å². The molecule has 2 aliphatic heterocycles. The Labute approximate surface area is 133 Å². The average molecular weight is 295 g/mol. The number of likely N-dealkylation sites (tertiary alicyclic amines) is 1. The zero-order chi connectivity index (χ0) is 16.3. The van der Waals surface area contributed by atoms with Crippen LogP contribution in [-0.2, 0) is 0 Å². The molecule has 0 aromatic heterocycles. The fourth-order valence-corrected chi connectivity index (χ4v) is 5.40. The second kappa shape index (κ2) is 4.96. The van der Waals surface area contributed by atoms with Crippen LogP contribution in [0.4, 0.5) is 0 Å². The van der Waals surface area contributed by atoms with Gasteiger partial charge in [-0.05, 0) is 64.8 Å². The topological polar surface area (TPSA) is 15.3 Å². The molecule has 2 saturated heterocycles. The Morgan fingerprint density at radius 1 is 1.05 bits per heavy atom. The molecule has 0 radical (unpaired) electrons. The highest BCUT2D eigenvalue weighted by molar-refractivity contribution is 5.12. The molecule has 2 unspecified atom stereocenters. The molecular weight excluding hydrogens is 256 g/mol. The molecule has 1 spiro atoms. The van der Waals surface area contributed by atoms with Gasteiger partial charge in [0.25, 0.3) is 0 Å². The Morgan fingerprint density at radius 3 is 2.10 bits per heavy atom. The quantitative estimate of drug-likeness (QED) is 0.781. The largest absolute Gasteiger partial charge is 0.311 e. The Morgan fingerprint density at radius 2 is 1.62 bits per heavy atom. The Kier molecular flexibility index (Phi) is 4.08. The number of nitrogens with one attached hydrogen (secondary N) is 1. The van der Waals surface area contributed by atoms with Gasteiger partial charge in [0.2, 0.25) is 0 Å². The maximum atomic E-state index is 3.88. The number of hydrogen-bond donors (Lipinski definition) is 1. The van der Waals surface area contributed by atoms with Gasteiger partial charge in [-0.25, -0.2) is 0 Å². The van der Waals surface area contributed by atoms with E-state index in [-0.39, 0.29) is 5.54 Å². The van der Waals surface area contributed by atoms with Crippen molar-refractivity contribution in [3.63, 3.8) is 0 Å². The molecule has 0 bridgehead atoms. The van der Waals surface area contributed by atoms with E-state index in [1.165, 1.54) is 19.4 Å². The highest BCUT2D eigenvalue weighted by Crippen LogP contribution is 2.58. The maximum Gasteiger partial charge on any atom is 0.0153 e. The summed E-state index contributed by atoms with van der Waals surface area (Å²) < 4.78 is 0. The summed E-state index contributed by atoms with van der Waals surface area (Å²) in [7, 11) is 2.33. The third-order valence-corrected chi connectivity index (χ3v) is 6.90. The first kappa shape index (κ1) is 17.3. The summed E-state index contributed by atoms with van der Waals surface area (Å²) in [5, 5.41) is 3.88. The average Bonchev–Trinajstić information content (AvgIpc) is 2.27. The van der Waals surface area contributed by atoms with Crippen LogP contribution < -0.4 is 5.32 Å². The van der Waals surface area contributed by atoms with E-state index < -0.39 is 0 Å². The lowest BCUT2D eigenvalue weighted by atomic mass is 9.48. The van der Waals surface area contributed by atoms with Crippen LogP contribution in [0.2, 0.25) is 0 Å². The van der Waals surface area contributed by atoms with Crippen molar-refractivity contribution in [2.45, 2.75) is 79.3 Å².